The lowest BCUT2D eigenvalue weighted by Crippen LogP contribution is -2.31. The van der Waals surface area contributed by atoms with E-state index in [4.69, 9.17) is 5.41 Å². The molecule has 0 unspecified atom stereocenters. The first kappa shape index (κ1) is 6.14. The van der Waals surface area contributed by atoms with Crippen LogP contribution in [0.1, 0.15) is 6.92 Å². The SMILES string of the molecule is CC(=O)COC=[NH2+]. The smallest absolute Gasteiger partial charge is 0.320 e. The van der Waals surface area contributed by atoms with Gasteiger partial charge in [-0.3, -0.25) is 4.79 Å². The maximum atomic E-state index is 10.0. The first-order chi connectivity index (χ1) is 3.27. The van der Waals surface area contributed by atoms with Crippen LogP contribution in [-0.4, -0.2) is 18.8 Å². The van der Waals surface area contributed by atoms with E-state index in [0.717, 1.165) is 6.40 Å². The molecule has 0 heterocycles. The van der Waals surface area contributed by atoms with Gasteiger partial charge < -0.3 is 4.74 Å². The van der Waals surface area contributed by atoms with E-state index in [2.05, 4.69) is 4.74 Å². The number of rotatable bonds is 3. The third-order valence-corrected chi connectivity index (χ3v) is 0.383. The van der Waals surface area contributed by atoms with E-state index in [0.29, 0.717) is 0 Å². The fourth-order valence-electron chi connectivity index (χ4n) is 0.165. The standard InChI is InChI=1S/C4H7NO2/c1-4(6)2-7-3-5/h3,5H,2H2,1H3/p+1. The van der Waals surface area contributed by atoms with Crippen LogP contribution in [-0.2, 0) is 9.53 Å². The molecule has 0 fully saturated rings. The highest BCUT2D eigenvalue weighted by atomic mass is 16.5. The van der Waals surface area contributed by atoms with E-state index < -0.39 is 0 Å². The minimum absolute atomic E-state index is 0.0262. The first-order valence-electron chi connectivity index (χ1n) is 1.92. The quantitative estimate of drug-likeness (QED) is 0.344. The summed E-state index contributed by atoms with van der Waals surface area (Å²) in [5.41, 5.74) is 0. The number of ketones is 1. The van der Waals surface area contributed by atoms with Crippen molar-refractivity contribution in [1.82, 2.24) is 0 Å². The molecule has 2 N–H and O–H groups in total. The van der Waals surface area contributed by atoms with Crippen LogP contribution in [0.2, 0.25) is 0 Å². The third kappa shape index (κ3) is 5.14. The third-order valence-electron chi connectivity index (χ3n) is 0.383. The van der Waals surface area contributed by atoms with Crippen molar-refractivity contribution in [1.29, 1.82) is 0 Å². The zero-order chi connectivity index (χ0) is 5.70. The van der Waals surface area contributed by atoms with Crippen LogP contribution in [0.3, 0.4) is 0 Å². The molecule has 0 aliphatic rings. The van der Waals surface area contributed by atoms with Gasteiger partial charge in [0.15, 0.2) is 12.4 Å². The summed E-state index contributed by atoms with van der Waals surface area (Å²) in [5, 5.41) is 4.78. The molecule has 0 radical (unpaired) electrons. The molecule has 0 amide bonds. The molecule has 0 aromatic rings. The van der Waals surface area contributed by atoms with Gasteiger partial charge in [-0.25, -0.2) is 5.41 Å². The van der Waals surface area contributed by atoms with Gasteiger partial charge in [0.05, 0.1) is 0 Å². The Balaban J connectivity index is 2.97. The maximum absolute atomic E-state index is 10.0. The minimum Gasteiger partial charge on any atom is -0.442 e. The molecule has 3 nitrogen and oxygen atoms in total. The molecule has 0 aromatic carbocycles. The van der Waals surface area contributed by atoms with Crippen molar-refractivity contribution in [2.45, 2.75) is 6.92 Å². The predicted octanol–water partition coefficient (Wildman–Crippen LogP) is -1.62. The molecule has 0 rings (SSSR count). The van der Waals surface area contributed by atoms with Crippen LogP contribution < -0.4 is 5.41 Å². The Hall–Kier alpha value is -0.860. The second kappa shape index (κ2) is 3.33. The van der Waals surface area contributed by atoms with Crippen LogP contribution in [0.15, 0.2) is 0 Å². The van der Waals surface area contributed by atoms with Crippen LogP contribution in [0.25, 0.3) is 0 Å². The van der Waals surface area contributed by atoms with Crippen molar-refractivity contribution in [3.05, 3.63) is 0 Å². The molecule has 0 aromatic heterocycles. The molecule has 0 saturated heterocycles. The Bertz CT molecular complexity index is 79.8. The summed E-state index contributed by atoms with van der Waals surface area (Å²) in [6, 6.07) is 0. The molecular formula is C4H8NO2+. The number of carbonyl (C=O) groups excluding carboxylic acids is 1. The van der Waals surface area contributed by atoms with Gasteiger partial charge in [-0.15, -0.1) is 0 Å². The average molecular weight is 102 g/mol. The summed E-state index contributed by atoms with van der Waals surface area (Å²) in [4.78, 5) is 10.0. The van der Waals surface area contributed by atoms with Crippen molar-refractivity contribution in [2.24, 2.45) is 0 Å². The minimum atomic E-state index is -0.0262. The van der Waals surface area contributed by atoms with Gasteiger partial charge in [-0.1, -0.05) is 0 Å². The summed E-state index contributed by atoms with van der Waals surface area (Å²) >= 11 is 0. The summed E-state index contributed by atoms with van der Waals surface area (Å²) < 4.78 is 4.40. The van der Waals surface area contributed by atoms with E-state index in [1.54, 1.807) is 0 Å². The lowest BCUT2D eigenvalue weighted by molar-refractivity contribution is -0.135. The van der Waals surface area contributed by atoms with Gasteiger partial charge >= 0.3 is 6.40 Å². The molecule has 40 valence electrons. The van der Waals surface area contributed by atoms with Gasteiger partial charge in [0.1, 0.15) is 0 Å². The molecule has 0 atom stereocenters. The molecule has 7 heavy (non-hydrogen) atoms. The van der Waals surface area contributed by atoms with Gasteiger partial charge in [0, 0.05) is 0 Å². The highest BCUT2D eigenvalue weighted by molar-refractivity contribution is 5.77. The highest BCUT2D eigenvalue weighted by Crippen LogP contribution is 1.66. The maximum Gasteiger partial charge on any atom is 0.320 e. The predicted molar refractivity (Wildman–Crippen MR) is 24.6 cm³/mol. The molecule has 0 spiro atoms. The number of ether oxygens (including phenoxy) is 1. The second-order valence-corrected chi connectivity index (χ2v) is 1.15. The van der Waals surface area contributed by atoms with E-state index >= 15 is 0 Å². The van der Waals surface area contributed by atoms with Crippen molar-refractivity contribution in [3.63, 3.8) is 0 Å². The van der Waals surface area contributed by atoms with Crippen molar-refractivity contribution < 1.29 is 14.9 Å². The van der Waals surface area contributed by atoms with E-state index in [1.165, 1.54) is 6.92 Å². The second-order valence-electron chi connectivity index (χ2n) is 1.15. The molecule has 0 bridgehead atoms. The summed E-state index contributed by atoms with van der Waals surface area (Å²) in [5.74, 6) is -0.0262. The number of nitrogens with two attached hydrogens (primary N) is 1. The van der Waals surface area contributed by atoms with Crippen LogP contribution >= 0.6 is 0 Å². The first-order valence-corrected chi connectivity index (χ1v) is 1.92. The Labute approximate surface area is 41.8 Å². The molecule has 0 aliphatic carbocycles. The zero-order valence-corrected chi connectivity index (χ0v) is 4.18. The van der Waals surface area contributed by atoms with Crippen LogP contribution in [0.5, 0.6) is 0 Å². The normalized spacial score (nSPS) is 7.57. The number of hydrogen-bond donors (Lipinski definition) is 1. The number of hydrogen-bond acceptors (Lipinski definition) is 2. The van der Waals surface area contributed by atoms with Crippen LogP contribution in [0.4, 0.5) is 0 Å². The fraction of sp³-hybridized carbons (Fsp3) is 0.500. The van der Waals surface area contributed by atoms with Gasteiger partial charge in [-0.2, -0.15) is 0 Å². The summed E-state index contributed by atoms with van der Waals surface area (Å²) in [7, 11) is 0. The Morgan fingerprint density at radius 2 is 2.57 bits per heavy atom. The van der Waals surface area contributed by atoms with Crippen molar-refractivity contribution >= 4 is 12.2 Å². The Morgan fingerprint density at radius 3 is 2.71 bits per heavy atom. The van der Waals surface area contributed by atoms with Gasteiger partial charge in [0.25, 0.3) is 0 Å². The monoisotopic (exact) mass is 102 g/mol. The zero-order valence-electron chi connectivity index (χ0n) is 4.18. The van der Waals surface area contributed by atoms with Gasteiger partial charge in [0.2, 0.25) is 0 Å². The number of Topliss-reactive ketones (excluding diaryl/α,β-unsaturated/α-hetero) is 1. The lowest BCUT2D eigenvalue weighted by atomic mass is 10.5. The topological polar surface area (TPSA) is 51.9 Å². The lowest BCUT2D eigenvalue weighted by Gasteiger charge is -1.85. The molecule has 3 heteroatoms. The summed E-state index contributed by atoms with van der Waals surface area (Å²) in [6.07, 6.45) is 1.00. The Kier molecular flexibility index (Phi) is 2.92. The largest absolute Gasteiger partial charge is 0.442 e. The number of carbonyl (C=O) groups is 1. The summed E-state index contributed by atoms with van der Waals surface area (Å²) in [6.45, 7) is 1.51. The van der Waals surface area contributed by atoms with E-state index in [1.807, 2.05) is 0 Å². The molecule has 0 aliphatic heterocycles. The average Bonchev–Trinajstić information content (AvgIpc) is 1.61. The van der Waals surface area contributed by atoms with Gasteiger partial charge in [-0.05, 0) is 6.92 Å². The fourth-order valence-corrected chi connectivity index (χ4v) is 0.165. The highest BCUT2D eigenvalue weighted by Gasteiger charge is 1.87. The van der Waals surface area contributed by atoms with E-state index in [-0.39, 0.29) is 12.4 Å². The van der Waals surface area contributed by atoms with Crippen molar-refractivity contribution in [2.75, 3.05) is 6.61 Å². The van der Waals surface area contributed by atoms with E-state index in [9.17, 15) is 4.79 Å². The molecular weight excluding hydrogens is 94.0 g/mol. The Morgan fingerprint density at radius 1 is 2.00 bits per heavy atom. The van der Waals surface area contributed by atoms with Crippen molar-refractivity contribution in [3.8, 4) is 0 Å². The molecule has 0 saturated carbocycles. The van der Waals surface area contributed by atoms with Crippen LogP contribution in [0, 0.1) is 0 Å².